The molecule has 7 nitrogen and oxygen atoms in total. The van der Waals surface area contributed by atoms with Crippen LogP contribution >= 0.6 is 0 Å². The van der Waals surface area contributed by atoms with Crippen molar-refractivity contribution in [1.29, 1.82) is 0 Å². The Morgan fingerprint density at radius 1 is 0.967 bits per heavy atom. The largest absolute Gasteiger partial charge is 0.457 e. The summed E-state index contributed by atoms with van der Waals surface area (Å²) in [4.78, 5) is 18.1. The molecule has 2 aromatic rings. The molecule has 30 heavy (non-hydrogen) atoms. The summed E-state index contributed by atoms with van der Waals surface area (Å²) in [6.45, 7) is 1.39. The van der Waals surface area contributed by atoms with Gasteiger partial charge in [0.05, 0.1) is 6.54 Å². The molecule has 0 saturated carbocycles. The minimum absolute atomic E-state index is 0.250. The molecule has 0 aromatic heterocycles. The molecule has 2 aromatic carbocycles. The van der Waals surface area contributed by atoms with Crippen molar-refractivity contribution >= 4 is 12.7 Å². The summed E-state index contributed by atoms with van der Waals surface area (Å²) in [5, 5.41) is 5.76. The number of carbonyl (C=O) groups excluding carboxylic acids is 2. The minimum Gasteiger partial charge on any atom is -0.457 e. The molecule has 164 valence electrons. The van der Waals surface area contributed by atoms with E-state index in [4.69, 9.17) is 15.3 Å². The quantitative estimate of drug-likeness (QED) is 0.348. The average molecular weight is 419 g/mol. The van der Waals surface area contributed by atoms with Crippen molar-refractivity contribution < 1.29 is 18.7 Å². The number of unbranched alkanes of at least 4 members (excludes halogenated alkanes) is 1. The van der Waals surface area contributed by atoms with Crippen LogP contribution in [-0.4, -0.2) is 32.8 Å². The van der Waals surface area contributed by atoms with Crippen molar-refractivity contribution in [2.45, 2.75) is 19.3 Å². The number of amides is 1. The van der Waals surface area contributed by atoms with E-state index in [1.807, 2.05) is 19.2 Å². The lowest BCUT2D eigenvalue weighted by Gasteiger charge is -2.07. The Bertz CT molecular complexity index is 707. The van der Waals surface area contributed by atoms with Gasteiger partial charge < -0.3 is 31.6 Å². The molecule has 8 heteroatoms. The van der Waals surface area contributed by atoms with Crippen molar-refractivity contribution in [2.75, 3.05) is 20.1 Å². The maximum absolute atomic E-state index is 12.8. The molecule has 2 rings (SSSR count). The van der Waals surface area contributed by atoms with Crippen LogP contribution in [0, 0.1) is 5.82 Å². The zero-order valence-corrected chi connectivity index (χ0v) is 17.2. The normalized spacial score (nSPS) is 9.53. The first kappa shape index (κ1) is 26.6. The Kier molecular flexibility index (Phi) is 16.8. The van der Waals surface area contributed by atoms with Crippen LogP contribution in [0.25, 0.3) is 0 Å². The second-order valence-electron chi connectivity index (χ2n) is 5.83. The van der Waals surface area contributed by atoms with Gasteiger partial charge in [0.25, 0.3) is 0 Å². The third-order valence-corrected chi connectivity index (χ3v) is 3.53. The van der Waals surface area contributed by atoms with E-state index in [2.05, 4.69) is 28.5 Å². The smallest absolute Gasteiger partial charge is 0.204 e. The monoisotopic (exact) mass is 418 g/mol. The fraction of sp³-hybridized carbons (Fsp3) is 0.273. The molecule has 1 amide bonds. The molecule has 0 spiro atoms. The minimum atomic E-state index is -0.255. The highest BCUT2D eigenvalue weighted by Gasteiger charge is 1.99. The molecule has 0 atom stereocenters. The number of ether oxygens (including phenoxy) is 1. The van der Waals surface area contributed by atoms with Gasteiger partial charge in [0.2, 0.25) is 6.41 Å². The number of hydrogen-bond acceptors (Lipinski definition) is 6. The lowest BCUT2D eigenvalue weighted by molar-refractivity contribution is -0.107. The van der Waals surface area contributed by atoms with Gasteiger partial charge in [-0.3, -0.25) is 4.79 Å². The number of carbonyl (C=O) groups is 2. The molecule has 0 heterocycles. The summed E-state index contributed by atoms with van der Waals surface area (Å²) in [5.41, 5.74) is 10.4. The summed E-state index contributed by atoms with van der Waals surface area (Å²) in [7, 11) is 1.97. The van der Waals surface area contributed by atoms with Gasteiger partial charge in [-0.05, 0) is 74.8 Å². The van der Waals surface area contributed by atoms with E-state index in [1.54, 1.807) is 12.1 Å². The fourth-order valence-electron chi connectivity index (χ4n) is 2.18. The Balaban J connectivity index is 0.000000706. The maximum Gasteiger partial charge on any atom is 0.204 e. The van der Waals surface area contributed by atoms with Crippen LogP contribution in [0.3, 0.4) is 0 Å². The first-order chi connectivity index (χ1) is 14.6. The van der Waals surface area contributed by atoms with Crippen LogP contribution in [0.15, 0.2) is 60.9 Å². The fourth-order valence-corrected chi connectivity index (χ4v) is 2.18. The number of rotatable bonds is 10. The Labute approximate surface area is 177 Å². The molecule has 6 N–H and O–H groups in total. The van der Waals surface area contributed by atoms with Crippen LogP contribution < -0.4 is 26.8 Å². The molecule has 0 aliphatic heterocycles. The third-order valence-electron chi connectivity index (χ3n) is 3.53. The number of benzene rings is 2. The van der Waals surface area contributed by atoms with Crippen molar-refractivity contribution in [3.8, 4) is 11.5 Å². The van der Waals surface area contributed by atoms with E-state index in [1.165, 1.54) is 42.9 Å². The zero-order valence-electron chi connectivity index (χ0n) is 17.2. The highest BCUT2D eigenvalue weighted by atomic mass is 19.1. The van der Waals surface area contributed by atoms with Gasteiger partial charge in [-0.2, -0.15) is 0 Å². The van der Waals surface area contributed by atoms with Gasteiger partial charge in [0.1, 0.15) is 23.6 Å². The van der Waals surface area contributed by atoms with Crippen molar-refractivity contribution in [3.05, 3.63) is 72.3 Å². The van der Waals surface area contributed by atoms with Crippen LogP contribution in [0.2, 0.25) is 0 Å². The number of nitrogens with two attached hydrogens (primary N) is 2. The van der Waals surface area contributed by atoms with Gasteiger partial charge in [-0.15, -0.1) is 0 Å². The lowest BCUT2D eigenvalue weighted by atomic mass is 10.1. The van der Waals surface area contributed by atoms with Gasteiger partial charge >= 0.3 is 0 Å². The SMILES string of the molecule is CNCCCCc1ccc(Oc2ccc(F)cc2)cc1.N/C=C\NCC=O.NC=O. The average Bonchev–Trinajstić information content (AvgIpc) is 2.75. The summed E-state index contributed by atoms with van der Waals surface area (Å²) in [6.07, 6.45) is 7.31. The van der Waals surface area contributed by atoms with E-state index in [0.29, 0.717) is 12.3 Å². The molecule has 0 unspecified atom stereocenters. The number of nitrogens with one attached hydrogen (secondary N) is 2. The van der Waals surface area contributed by atoms with Crippen molar-refractivity contribution in [1.82, 2.24) is 10.6 Å². The Morgan fingerprint density at radius 2 is 1.53 bits per heavy atom. The van der Waals surface area contributed by atoms with Crippen LogP contribution in [0.1, 0.15) is 18.4 Å². The molecule has 0 saturated heterocycles. The Hall–Kier alpha value is -3.39. The summed E-state index contributed by atoms with van der Waals surface area (Å²) >= 11 is 0. The highest BCUT2D eigenvalue weighted by molar-refractivity contribution is 5.52. The topological polar surface area (TPSA) is 119 Å². The number of primary amides is 1. The third kappa shape index (κ3) is 14.6. The number of aryl methyl sites for hydroxylation is 1. The lowest BCUT2D eigenvalue weighted by Crippen LogP contribution is -2.07. The summed E-state index contributed by atoms with van der Waals surface area (Å²) in [6, 6.07) is 14.1. The van der Waals surface area contributed by atoms with E-state index in [0.717, 1.165) is 25.0 Å². The van der Waals surface area contributed by atoms with Gasteiger partial charge in [0.15, 0.2) is 0 Å². The standard InChI is InChI=1S/C17H20FNO.C4H8N2O.CH3NO/c1-19-13-3-2-4-14-5-9-16(10-6-14)20-17-11-7-15(18)8-12-17;5-1-2-6-3-4-7;2-1-3/h5-12,19H,2-4,13H2,1H3;1-2,4,6H,3,5H2;1H,(H2,2,3)/b;2-1-;. The summed E-state index contributed by atoms with van der Waals surface area (Å²) in [5.74, 6) is 1.16. The van der Waals surface area contributed by atoms with Crippen molar-refractivity contribution in [3.63, 3.8) is 0 Å². The predicted molar refractivity (Wildman–Crippen MR) is 117 cm³/mol. The molecular weight excluding hydrogens is 387 g/mol. The number of aldehydes is 1. The van der Waals surface area contributed by atoms with Gasteiger partial charge in [0, 0.05) is 12.4 Å². The highest BCUT2D eigenvalue weighted by Crippen LogP contribution is 2.22. The first-order valence-electron chi connectivity index (χ1n) is 9.47. The second kappa shape index (κ2) is 18.9. The summed E-state index contributed by atoms with van der Waals surface area (Å²) < 4.78 is 18.4. The van der Waals surface area contributed by atoms with E-state index in [9.17, 15) is 9.18 Å². The molecule has 0 bridgehead atoms. The van der Waals surface area contributed by atoms with Crippen LogP contribution in [-0.2, 0) is 16.0 Å². The van der Waals surface area contributed by atoms with E-state index >= 15 is 0 Å². The maximum atomic E-state index is 12.8. The van der Waals surface area contributed by atoms with Crippen LogP contribution in [0.5, 0.6) is 11.5 Å². The van der Waals surface area contributed by atoms with Crippen LogP contribution in [0.4, 0.5) is 4.39 Å². The predicted octanol–water partition coefficient (Wildman–Crippen LogP) is 2.47. The second-order valence-corrected chi connectivity index (χ2v) is 5.83. The number of halogens is 1. The molecule has 0 aliphatic rings. The number of hydrogen-bond donors (Lipinski definition) is 4. The molecule has 0 fully saturated rings. The Morgan fingerprint density at radius 3 is 2.03 bits per heavy atom. The van der Waals surface area contributed by atoms with Gasteiger partial charge in [-0.25, -0.2) is 4.39 Å². The van der Waals surface area contributed by atoms with E-state index in [-0.39, 0.29) is 12.2 Å². The van der Waals surface area contributed by atoms with E-state index < -0.39 is 0 Å². The van der Waals surface area contributed by atoms with Gasteiger partial charge in [-0.1, -0.05) is 12.1 Å². The molecular formula is C22H31FN4O3. The molecule has 0 radical (unpaired) electrons. The zero-order chi connectivity index (χ0) is 22.5. The first-order valence-corrected chi connectivity index (χ1v) is 9.47. The van der Waals surface area contributed by atoms with Crippen molar-refractivity contribution in [2.24, 2.45) is 11.5 Å². The molecule has 0 aliphatic carbocycles.